The number of rotatable bonds is 5. The van der Waals surface area contributed by atoms with Crippen LogP contribution in [0.15, 0.2) is 64.2 Å². The number of benzene rings is 1. The third-order valence-electron chi connectivity index (χ3n) is 4.07. The second kappa shape index (κ2) is 8.13. The van der Waals surface area contributed by atoms with Crippen LogP contribution < -0.4 is 5.32 Å². The molecule has 3 rings (SSSR count). The van der Waals surface area contributed by atoms with Gasteiger partial charge in [-0.05, 0) is 42.3 Å². The van der Waals surface area contributed by atoms with Gasteiger partial charge in [-0.25, -0.2) is 0 Å². The largest absolute Gasteiger partial charge is 0.362 e. The first-order valence-corrected chi connectivity index (χ1v) is 9.92. The number of pyridine rings is 1. The zero-order valence-corrected chi connectivity index (χ0v) is 15.7. The second-order valence-electron chi connectivity index (χ2n) is 6.14. The van der Waals surface area contributed by atoms with Crippen LogP contribution >= 0.6 is 0 Å². The van der Waals surface area contributed by atoms with E-state index in [1.165, 1.54) is 18.2 Å². The summed E-state index contributed by atoms with van der Waals surface area (Å²) in [4.78, 5) is 17.9. The number of carbonyl (C=O) groups is 1. The van der Waals surface area contributed by atoms with E-state index in [2.05, 4.69) is 14.7 Å². The monoisotopic (exact) mass is 384 g/mol. The summed E-state index contributed by atoms with van der Waals surface area (Å²) in [5.41, 5.74) is 1.18. The molecule has 0 aliphatic carbocycles. The summed E-state index contributed by atoms with van der Waals surface area (Å²) in [7, 11) is -2.00. The van der Waals surface area contributed by atoms with E-state index in [9.17, 15) is 13.2 Å². The predicted molar refractivity (Wildman–Crippen MR) is 105 cm³/mol. The minimum Gasteiger partial charge on any atom is -0.362 e. The Morgan fingerprint density at radius 3 is 2.85 bits per heavy atom. The smallest absolute Gasteiger partial charge is 0.284 e. The lowest BCUT2D eigenvalue weighted by Gasteiger charge is -2.11. The zero-order chi connectivity index (χ0) is 19.3. The van der Waals surface area contributed by atoms with Gasteiger partial charge in [0, 0.05) is 44.2 Å². The van der Waals surface area contributed by atoms with E-state index < -0.39 is 10.0 Å². The van der Waals surface area contributed by atoms with Gasteiger partial charge in [0.25, 0.3) is 10.0 Å². The molecule has 27 heavy (non-hydrogen) atoms. The lowest BCUT2D eigenvalue weighted by molar-refractivity contribution is -0.111. The van der Waals surface area contributed by atoms with Crippen LogP contribution in [0, 0.1) is 0 Å². The van der Waals surface area contributed by atoms with E-state index >= 15 is 0 Å². The first-order chi connectivity index (χ1) is 12.9. The average Bonchev–Trinajstić information content (AvgIpc) is 3.05. The molecule has 1 amide bonds. The topological polar surface area (TPSA) is 91.7 Å². The Bertz CT molecular complexity index is 985. The maximum Gasteiger partial charge on any atom is 0.284 e. The van der Waals surface area contributed by atoms with Gasteiger partial charge in [0.1, 0.15) is 5.84 Å². The van der Waals surface area contributed by atoms with Gasteiger partial charge in [0.2, 0.25) is 5.91 Å². The van der Waals surface area contributed by atoms with Crippen molar-refractivity contribution in [2.45, 2.75) is 17.7 Å². The van der Waals surface area contributed by atoms with Gasteiger partial charge in [-0.15, -0.1) is 4.40 Å². The SMILES string of the molecule is CN1CCC/C1=N\S(=O)(=O)c1cccc(NC(=O)/C=C/c2cccnc2)c1. The number of anilines is 1. The molecule has 0 spiro atoms. The molecule has 1 aliphatic heterocycles. The van der Waals surface area contributed by atoms with E-state index in [-0.39, 0.29) is 10.8 Å². The number of likely N-dealkylation sites (tertiary alicyclic amines) is 1. The fourth-order valence-electron chi connectivity index (χ4n) is 2.67. The number of hydrogen-bond acceptors (Lipinski definition) is 4. The molecule has 0 bridgehead atoms. The number of hydrogen-bond donors (Lipinski definition) is 1. The third-order valence-corrected chi connectivity index (χ3v) is 5.37. The van der Waals surface area contributed by atoms with Crippen molar-refractivity contribution >= 4 is 33.5 Å². The highest BCUT2D eigenvalue weighted by Gasteiger charge is 2.20. The van der Waals surface area contributed by atoms with E-state index in [4.69, 9.17) is 0 Å². The molecule has 1 aliphatic rings. The van der Waals surface area contributed by atoms with Gasteiger partial charge in [0.05, 0.1) is 4.90 Å². The summed E-state index contributed by atoms with van der Waals surface area (Å²) in [5, 5.41) is 2.66. The lowest BCUT2D eigenvalue weighted by atomic mass is 10.2. The van der Waals surface area contributed by atoms with Crippen molar-refractivity contribution in [2.75, 3.05) is 18.9 Å². The molecular weight excluding hydrogens is 364 g/mol. The van der Waals surface area contributed by atoms with E-state index in [1.54, 1.807) is 36.7 Å². The highest BCUT2D eigenvalue weighted by atomic mass is 32.2. The molecule has 8 heteroatoms. The van der Waals surface area contributed by atoms with Crippen LogP contribution in [0.25, 0.3) is 6.08 Å². The number of carbonyl (C=O) groups excluding carboxylic acids is 1. The highest BCUT2D eigenvalue weighted by molar-refractivity contribution is 7.90. The Kier molecular flexibility index (Phi) is 5.66. The fraction of sp³-hybridized carbons (Fsp3) is 0.211. The van der Waals surface area contributed by atoms with E-state index in [1.807, 2.05) is 18.0 Å². The maximum absolute atomic E-state index is 12.5. The van der Waals surface area contributed by atoms with Crippen LogP contribution in [0.2, 0.25) is 0 Å². The van der Waals surface area contributed by atoms with Crippen molar-refractivity contribution in [1.82, 2.24) is 9.88 Å². The quantitative estimate of drug-likeness (QED) is 0.800. The number of aromatic nitrogens is 1. The van der Waals surface area contributed by atoms with Crippen molar-refractivity contribution in [3.8, 4) is 0 Å². The van der Waals surface area contributed by atoms with Crippen LogP contribution in [0.1, 0.15) is 18.4 Å². The van der Waals surface area contributed by atoms with E-state index in [0.29, 0.717) is 17.9 Å². The molecule has 0 atom stereocenters. The zero-order valence-electron chi connectivity index (χ0n) is 14.9. The van der Waals surface area contributed by atoms with Gasteiger partial charge in [0.15, 0.2) is 0 Å². The van der Waals surface area contributed by atoms with Crippen LogP contribution in [-0.2, 0) is 14.8 Å². The van der Waals surface area contributed by atoms with Gasteiger partial charge < -0.3 is 10.2 Å². The van der Waals surface area contributed by atoms with Crippen molar-refractivity contribution in [1.29, 1.82) is 0 Å². The number of nitrogens with one attached hydrogen (secondary N) is 1. The van der Waals surface area contributed by atoms with Crippen LogP contribution in [0.3, 0.4) is 0 Å². The van der Waals surface area contributed by atoms with Gasteiger partial charge in [-0.2, -0.15) is 8.42 Å². The summed E-state index contributed by atoms with van der Waals surface area (Å²) >= 11 is 0. The van der Waals surface area contributed by atoms with E-state index in [0.717, 1.165) is 18.5 Å². The molecule has 1 aromatic carbocycles. The van der Waals surface area contributed by atoms with Gasteiger partial charge in [-0.1, -0.05) is 12.1 Å². The molecular formula is C19H20N4O3S. The summed E-state index contributed by atoms with van der Waals surface area (Å²) in [6.45, 7) is 0.799. The Hall–Kier alpha value is -3.00. The van der Waals surface area contributed by atoms with Crippen molar-refractivity contribution < 1.29 is 13.2 Å². The molecule has 0 radical (unpaired) electrons. The maximum atomic E-state index is 12.5. The summed E-state index contributed by atoms with van der Waals surface area (Å²) in [6.07, 6.45) is 7.82. The van der Waals surface area contributed by atoms with Crippen LogP contribution in [0.5, 0.6) is 0 Å². The molecule has 1 saturated heterocycles. The fourth-order valence-corrected chi connectivity index (χ4v) is 3.81. The Balaban J connectivity index is 1.73. The third kappa shape index (κ3) is 5.01. The average molecular weight is 384 g/mol. The minimum absolute atomic E-state index is 0.0457. The predicted octanol–water partition coefficient (Wildman–Crippen LogP) is 2.55. The summed E-state index contributed by atoms with van der Waals surface area (Å²) < 4.78 is 29.0. The Morgan fingerprint density at radius 1 is 1.30 bits per heavy atom. The summed E-state index contributed by atoms with van der Waals surface area (Å²) in [6, 6.07) is 9.67. The Labute approximate surface area is 158 Å². The number of nitrogens with zero attached hydrogens (tertiary/aromatic N) is 3. The van der Waals surface area contributed by atoms with Crippen molar-refractivity contribution in [3.05, 3.63) is 60.4 Å². The van der Waals surface area contributed by atoms with Crippen molar-refractivity contribution in [3.63, 3.8) is 0 Å². The highest BCUT2D eigenvalue weighted by Crippen LogP contribution is 2.20. The first kappa shape index (κ1) is 18.8. The molecule has 0 unspecified atom stereocenters. The molecule has 0 saturated carbocycles. The molecule has 1 fully saturated rings. The molecule has 2 aromatic rings. The molecule has 7 nitrogen and oxygen atoms in total. The Morgan fingerprint density at radius 2 is 2.15 bits per heavy atom. The van der Waals surface area contributed by atoms with Gasteiger partial charge >= 0.3 is 0 Å². The van der Waals surface area contributed by atoms with Gasteiger partial charge in [-0.3, -0.25) is 9.78 Å². The molecule has 1 N–H and O–H groups in total. The number of amidine groups is 1. The summed E-state index contributed by atoms with van der Waals surface area (Å²) in [5.74, 6) is 0.194. The molecule has 2 heterocycles. The molecule has 140 valence electrons. The normalized spacial score (nSPS) is 16.2. The van der Waals surface area contributed by atoms with Crippen LogP contribution in [0.4, 0.5) is 5.69 Å². The van der Waals surface area contributed by atoms with Crippen LogP contribution in [-0.4, -0.2) is 43.6 Å². The lowest BCUT2D eigenvalue weighted by Crippen LogP contribution is -2.20. The number of sulfonamides is 1. The molecule has 1 aromatic heterocycles. The standard InChI is InChI=1S/C19H20N4O3S/c1-23-12-4-8-18(23)22-27(25,26)17-7-2-6-16(13-17)21-19(24)10-9-15-5-3-11-20-14-15/h2-3,5-7,9-11,13-14H,4,8,12H2,1H3,(H,21,24)/b10-9+,22-18+. The number of amides is 1. The second-order valence-corrected chi connectivity index (χ2v) is 7.75. The first-order valence-electron chi connectivity index (χ1n) is 8.48. The minimum atomic E-state index is -3.82. The van der Waals surface area contributed by atoms with Crippen molar-refractivity contribution in [2.24, 2.45) is 4.40 Å².